The first-order valence-electron chi connectivity index (χ1n) is 6.82. The van der Waals surface area contributed by atoms with Gasteiger partial charge in [-0.3, -0.25) is 4.55 Å². The van der Waals surface area contributed by atoms with E-state index in [1.54, 1.807) is 12.1 Å². The largest absolute Gasteiger partial charge is 0.394 e. The molecule has 23 heavy (non-hydrogen) atoms. The number of aliphatic hydroxyl groups is 2. The van der Waals surface area contributed by atoms with Gasteiger partial charge in [0.15, 0.2) is 6.29 Å². The second kappa shape index (κ2) is 12.4. The number of benzene rings is 1. The molecule has 1 aromatic carbocycles. The quantitative estimate of drug-likeness (QED) is 0.328. The van der Waals surface area contributed by atoms with Crippen LogP contribution >= 0.6 is 0 Å². The predicted octanol–water partition coefficient (Wildman–Crippen LogP) is 0.218. The summed E-state index contributed by atoms with van der Waals surface area (Å²) < 4.78 is 43.9. The van der Waals surface area contributed by atoms with Crippen LogP contribution in [0.5, 0.6) is 0 Å². The zero-order chi connectivity index (χ0) is 17.7. The molecule has 1 rings (SSSR count). The van der Waals surface area contributed by atoms with E-state index in [4.69, 9.17) is 24.2 Å². The number of hydrogen-bond donors (Lipinski definition) is 3. The smallest absolute Gasteiger partial charge is 0.294 e. The zero-order valence-corrected chi connectivity index (χ0v) is 14.0. The Morgan fingerprint density at radius 3 is 2.13 bits per heavy atom. The fourth-order valence-electron chi connectivity index (χ4n) is 1.25. The predicted molar refractivity (Wildman–Crippen MR) is 82.7 cm³/mol. The normalized spacial score (nSPS) is 12.4. The minimum Gasteiger partial charge on any atom is -0.394 e. The summed E-state index contributed by atoms with van der Waals surface area (Å²) in [4.78, 5) is -0.0666. The van der Waals surface area contributed by atoms with Crippen molar-refractivity contribution >= 4 is 10.1 Å². The highest BCUT2D eigenvalue weighted by molar-refractivity contribution is 7.85. The van der Waals surface area contributed by atoms with E-state index in [0.29, 0.717) is 19.8 Å². The molecule has 0 saturated carbocycles. The fraction of sp³-hybridized carbons (Fsp3) is 0.571. The molecule has 8 nitrogen and oxygen atoms in total. The molecule has 1 atom stereocenters. The fourth-order valence-corrected chi connectivity index (χ4v) is 1.73. The molecule has 3 N–H and O–H groups in total. The topological polar surface area (TPSA) is 123 Å². The summed E-state index contributed by atoms with van der Waals surface area (Å²) in [6.07, 6.45) is -0.872. The van der Waals surface area contributed by atoms with Gasteiger partial charge in [-0.05, 0) is 19.1 Å². The number of rotatable bonds is 9. The van der Waals surface area contributed by atoms with Gasteiger partial charge in [0.05, 0.1) is 37.9 Å². The Bertz CT molecular complexity index is 500. The van der Waals surface area contributed by atoms with Crippen LogP contribution in [-0.2, 0) is 24.3 Å². The van der Waals surface area contributed by atoms with E-state index < -0.39 is 16.4 Å². The molecule has 0 aromatic heterocycles. The molecular weight excluding hydrogens is 328 g/mol. The van der Waals surface area contributed by atoms with Gasteiger partial charge in [0, 0.05) is 7.11 Å². The number of ether oxygens (including phenoxy) is 3. The van der Waals surface area contributed by atoms with Crippen molar-refractivity contribution in [2.75, 3.05) is 40.1 Å². The van der Waals surface area contributed by atoms with E-state index in [1.807, 2.05) is 6.92 Å². The first-order chi connectivity index (χ1) is 10.8. The van der Waals surface area contributed by atoms with E-state index in [0.717, 1.165) is 5.56 Å². The third-order valence-corrected chi connectivity index (χ3v) is 3.33. The Morgan fingerprint density at radius 2 is 1.65 bits per heavy atom. The van der Waals surface area contributed by atoms with E-state index in [2.05, 4.69) is 4.74 Å². The summed E-state index contributed by atoms with van der Waals surface area (Å²) in [5.74, 6) is 0. The second-order valence-electron chi connectivity index (χ2n) is 4.39. The molecule has 134 valence electrons. The first kappa shape index (κ1) is 21.9. The number of aryl methyl sites for hydroxylation is 1. The summed E-state index contributed by atoms with van der Waals surface area (Å²) >= 11 is 0. The summed E-state index contributed by atoms with van der Waals surface area (Å²) in [5, 5.41) is 17.2. The lowest BCUT2D eigenvalue weighted by atomic mass is 10.2. The van der Waals surface area contributed by atoms with E-state index >= 15 is 0 Å². The third-order valence-electron chi connectivity index (χ3n) is 2.46. The van der Waals surface area contributed by atoms with Gasteiger partial charge in [0.2, 0.25) is 0 Å². The molecule has 0 aliphatic heterocycles. The van der Waals surface area contributed by atoms with Crippen molar-refractivity contribution in [3.05, 3.63) is 29.8 Å². The molecule has 1 aromatic rings. The maximum Gasteiger partial charge on any atom is 0.294 e. The summed E-state index contributed by atoms with van der Waals surface area (Å²) in [6.45, 7) is 3.11. The van der Waals surface area contributed by atoms with Crippen LogP contribution < -0.4 is 0 Å². The van der Waals surface area contributed by atoms with Crippen LogP contribution in [0.4, 0.5) is 0 Å². The highest BCUT2D eigenvalue weighted by Crippen LogP contribution is 2.08. The highest BCUT2D eigenvalue weighted by atomic mass is 32.2. The average molecular weight is 352 g/mol. The van der Waals surface area contributed by atoms with Crippen LogP contribution in [0.25, 0.3) is 0 Å². The van der Waals surface area contributed by atoms with Crippen molar-refractivity contribution in [3.8, 4) is 0 Å². The SMILES string of the molecule is COC(O)COCCOCCO.Cc1ccc(S(=O)(=O)O)cc1. The molecule has 0 aliphatic carbocycles. The zero-order valence-electron chi connectivity index (χ0n) is 13.2. The van der Waals surface area contributed by atoms with Crippen molar-refractivity contribution in [1.82, 2.24) is 0 Å². The van der Waals surface area contributed by atoms with Crippen molar-refractivity contribution in [1.29, 1.82) is 0 Å². The number of hydrogen-bond acceptors (Lipinski definition) is 7. The van der Waals surface area contributed by atoms with Crippen molar-refractivity contribution in [3.63, 3.8) is 0 Å². The lowest BCUT2D eigenvalue weighted by Crippen LogP contribution is -2.19. The van der Waals surface area contributed by atoms with Crippen molar-refractivity contribution in [2.24, 2.45) is 0 Å². The second-order valence-corrected chi connectivity index (χ2v) is 5.81. The van der Waals surface area contributed by atoms with Gasteiger partial charge in [-0.2, -0.15) is 8.42 Å². The van der Waals surface area contributed by atoms with Crippen LogP contribution in [0.15, 0.2) is 29.2 Å². The molecule has 0 fully saturated rings. The maximum atomic E-state index is 10.5. The molecule has 1 unspecified atom stereocenters. The lowest BCUT2D eigenvalue weighted by molar-refractivity contribution is -0.123. The Balaban J connectivity index is 0.000000422. The molecule has 0 aliphatic rings. The highest BCUT2D eigenvalue weighted by Gasteiger charge is 2.06. The Labute approximate surface area is 136 Å². The van der Waals surface area contributed by atoms with Gasteiger partial charge in [-0.25, -0.2) is 0 Å². The molecule has 9 heteroatoms. The van der Waals surface area contributed by atoms with Gasteiger partial charge in [0.1, 0.15) is 0 Å². The standard InChI is InChI=1S/C7H16O5.C7H8O3S/c1-10-7(9)6-12-5-4-11-3-2-8;1-6-2-4-7(5-3-6)11(8,9)10/h7-9H,2-6H2,1H3;2-5H,1H3,(H,8,9,10). The Morgan fingerprint density at radius 1 is 1.09 bits per heavy atom. The van der Waals surface area contributed by atoms with Crippen molar-refractivity contribution < 1.29 is 37.4 Å². The summed E-state index contributed by atoms with van der Waals surface area (Å²) in [7, 11) is -2.62. The molecule has 0 heterocycles. The number of aliphatic hydroxyl groups excluding tert-OH is 2. The van der Waals surface area contributed by atoms with Gasteiger partial charge in [0.25, 0.3) is 10.1 Å². The van der Waals surface area contributed by atoms with Crippen LogP contribution in [0.1, 0.15) is 5.56 Å². The van der Waals surface area contributed by atoms with E-state index in [9.17, 15) is 8.42 Å². The number of methoxy groups -OCH3 is 1. The van der Waals surface area contributed by atoms with Gasteiger partial charge in [-0.1, -0.05) is 17.7 Å². The van der Waals surface area contributed by atoms with Crippen LogP contribution in [0.2, 0.25) is 0 Å². The molecular formula is C14H24O8S. The van der Waals surface area contributed by atoms with Gasteiger partial charge in [-0.15, -0.1) is 0 Å². The Hall–Kier alpha value is -1.07. The Kier molecular flexibility index (Phi) is 11.8. The van der Waals surface area contributed by atoms with Gasteiger partial charge >= 0.3 is 0 Å². The monoisotopic (exact) mass is 352 g/mol. The maximum absolute atomic E-state index is 10.5. The minimum absolute atomic E-state index is 0.0146. The average Bonchev–Trinajstić information content (AvgIpc) is 2.50. The van der Waals surface area contributed by atoms with Crippen molar-refractivity contribution in [2.45, 2.75) is 18.1 Å². The van der Waals surface area contributed by atoms with Crippen LogP contribution in [0, 0.1) is 6.92 Å². The minimum atomic E-state index is -4.02. The van der Waals surface area contributed by atoms with Gasteiger partial charge < -0.3 is 24.4 Å². The molecule has 0 bridgehead atoms. The molecule has 0 amide bonds. The van der Waals surface area contributed by atoms with E-state index in [1.165, 1.54) is 19.2 Å². The van der Waals surface area contributed by atoms with Crippen LogP contribution in [0.3, 0.4) is 0 Å². The third kappa shape index (κ3) is 12.1. The molecule has 0 radical (unpaired) electrons. The lowest BCUT2D eigenvalue weighted by Gasteiger charge is -2.08. The molecule has 0 saturated heterocycles. The van der Waals surface area contributed by atoms with Crippen LogP contribution in [-0.4, -0.2) is 69.6 Å². The summed E-state index contributed by atoms with van der Waals surface area (Å²) in [6, 6.07) is 5.99. The summed E-state index contributed by atoms with van der Waals surface area (Å²) in [5.41, 5.74) is 0.956. The first-order valence-corrected chi connectivity index (χ1v) is 8.26. The van der Waals surface area contributed by atoms with E-state index in [-0.39, 0.29) is 18.1 Å². The molecule has 0 spiro atoms.